The molecule has 0 radical (unpaired) electrons. The maximum absolute atomic E-state index is 13.4. The normalized spacial score (nSPS) is 9.93. The molecule has 1 aromatic rings. The summed E-state index contributed by atoms with van der Waals surface area (Å²) in [4.78, 5) is 11.2. The lowest BCUT2D eigenvalue weighted by molar-refractivity contribution is 0.101. The number of carbonyl (C=O) groups is 1. The zero-order chi connectivity index (χ0) is 10.7. The third kappa shape index (κ3) is 1.87. The Morgan fingerprint density at radius 3 is 2.79 bits per heavy atom. The first-order valence-corrected chi connectivity index (χ1v) is 4.88. The molecule has 0 aliphatic carbocycles. The molecule has 0 atom stereocenters. The first kappa shape index (κ1) is 11.0. The molecule has 0 saturated heterocycles. The average Bonchev–Trinajstić information content (AvgIpc) is 2.18. The number of hydrogen-bond donors (Lipinski definition) is 1. The van der Waals surface area contributed by atoms with E-state index in [0.29, 0.717) is 0 Å². The quantitative estimate of drug-likeness (QED) is 0.671. The van der Waals surface area contributed by atoms with Crippen LogP contribution in [0.3, 0.4) is 0 Å². The Morgan fingerprint density at radius 2 is 2.29 bits per heavy atom. The monoisotopic (exact) mass is 262 g/mol. The number of halogens is 2. The van der Waals surface area contributed by atoms with Gasteiger partial charge in [0.25, 0.3) is 0 Å². The van der Waals surface area contributed by atoms with Gasteiger partial charge in [-0.2, -0.15) is 0 Å². The van der Waals surface area contributed by atoms with Crippen molar-refractivity contribution in [2.75, 3.05) is 12.4 Å². The fraction of sp³-hybridized carbons (Fsp3) is 0.222. The summed E-state index contributed by atoms with van der Waals surface area (Å²) in [5.74, 6) is -1.81. The summed E-state index contributed by atoms with van der Waals surface area (Å²) >= 11 is 2.90. The van der Waals surface area contributed by atoms with Crippen LogP contribution in [-0.4, -0.2) is 23.3 Å². The lowest BCUT2D eigenvalue weighted by Crippen LogP contribution is -2.05. The molecule has 0 aliphatic rings. The van der Waals surface area contributed by atoms with Crippen LogP contribution in [0.5, 0.6) is 11.5 Å². The molecule has 0 saturated carbocycles. The lowest BCUT2D eigenvalue weighted by Gasteiger charge is -2.07. The molecule has 0 fully saturated rings. The zero-order valence-corrected chi connectivity index (χ0v) is 8.97. The first-order valence-electron chi connectivity index (χ1n) is 3.76. The van der Waals surface area contributed by atoms with E-state index in [4.69, 9.17) is 0 Å². The molecule has 76 valence electrons. The molecule has 0 unspecified atom stereocenters. The Kier molecular flexibility index (Phi) is 3.46. The number of phenolic OH excluding ortho intramolecular Hbond substituents is 1. The molecular formula is C9H8BrFO3. The second-order valence-electron chi connectivity index (χ2n) is 2.53. The minimum Gasteiger partial charge on any atom is -0.507 e. The molecular weight excluding hydrogens is 255 g/mol. The summed E-state index contributed by atoms with van der Waals surface area (Å²) < 4.78 is 18.1. The minimum absolute atomic E-state index is 0.0509. The maximum atomic E-state index is 13.4. The molecule has 0 spiro atoms. The summed E-state index contributed by atoms with van der Waals surface area (Å²) in [6, 6.07) is 2.48. The van der Waals surface area contributed by atoms with E-state index < -0.39 is 11.6 Å². The number of benzene rings is 1. The van der Waals surface area contributed by atoms with Crippen LogP contribution in [0.25, 0.3) is 0 Å². The van der Waals surface area contributed by atoms with Crippen molar-refractivity contribution in [2.24, 2.45) is 0 Å². The molecule has 0 heterocycles. The highest BCUT2D eigenvalue weighted by Gasteiger charge is 2.19. The molecule has 5 heteroatoms. The highest BCUT2D eigenvalue weighted by molar-refractivity contribution is 9.09. The average molecular weight is 263 g/mol. The third-order valence-electron chi connectivity index (χ3n) is 1.70. The van der Waals surface area contributed by atoms with E-state index in [0.717, 1.165) is 0 Å². The van der Waals surface area contributed by atoms with Gasteiger partial charge in [0.1, 0.15) is 5.75 Å². The molecule has 1 N–H and O–H groups in total. The van der Waals surface area contributed by atoms with Gasteiger partial charge < -0.3 is 9.84 Å². The predicted octanol–water partition coefficient (Wildman–Crippen LogP) is 2.12. The number of phenols is 1. The molecule has 0 aliphatic heterocycles. The van der Waals surface area contributed by atoms with E-state index in [1.54, 1.807) is 0 Å². The van der Waals surface area contributed by atoms with Crippen LogP contribution >= 0.6 is 15.9 Å². The maximum Gasteiger partial charge on any atom is 0.180 e. The molecule has 14 heavy (non-hydrogen) atoms. The molecule has 0 amide bonds. The van der Waals surface area contributed by atoms with Crippen molar-refractivity contribution in [1.82, 2.24) is 0 Å². The number of alkyl halides is 1. The van der Waals surface area contributed by atoms with Crippen molar-refractivity contribution in [1.29, 1.82) is 0 Å². The second kappa shape index (κ2) is 4.41. The van der Waals surface area contributed by atoms with E-state index in [1.165, 1.54) is 19.2 Å². The Balaban J connectivity index is 3.32. The van der Waals surface area contributed by atoms with Crippen molar-refractivity contribution in [2.45, 2.75) is 0 Å². The fourth-order valence-corrected chi connectivity index (χ4v) is 1.32. The Bertz CT molecular complexity index is 365. The van der Waals surface area contributed by atoms with Crippen molar-refractivity contribution in [3.05, 3.63) is 23.5 Å². The van der Waals surface area contributed by atoms with Crippen LogP contribution in [0.4, 0.5) is 4.39 Å². The van der Waals surface area contributed by atoms with Gasteiger partial charge in [0.05, 0.1) is 18.0 Å². The van der Waals surface area contributed by atoms with Crippen LogP contribution in [0.1, 0.15) is 10.4 Å². The Labute approximate surface area is 88.6 Å². The number of ketones is 1. The summed E-state index contributed by atoms with van der Waals surface area (Å²) in [7, 11) is 1.29. The van der Waals surface area contributed by atoms with Gasteiger partial charge in [-0.1, -0.05) is 15.9 Å². The number of aromatic hydroxyl groups is 1. The number of Topliss-reactive ketones (excluding diaryl/α,β-unsaturated/α-hetero) is 1. The first-order chi connectivity index (χ1) is 6.61. The molecule has 3 nitrogen and oxygen atoms in total. The Hall–Kier alpha value is -1.10. The van der Waals surface area contributed by atoms with Crippen LogP contribution < -0.4 is 4.74 Å². The number of rotatable bonds is 3. The predicted molar refractivity (Wildman–Crippen MR) is 52.7 cm³/mol. The van der Waals surface area contributed by atoms with Crippen molar-refractivity contribution in [3.8, 4) is 11.5 Å². The van der Waals surface area contributed by atoms with Crippen molar-refractivity contribution >= 4 is 21.7 Å². The van der Waals surface area contributed by atoms with Crippen LogP contribution in [0.15, 0.2) is 12.1 Å². The van der Waals surface area contributed by atoms with Crippen molar-refractivity contribution in [3.63, 3.8) is 0 Å². The van der Waals surface area contributed by atoms with Gasteiger partial charge in [0.15, 0.2) is 17.3 Å². The summed E-state index contributed by atoms with van der Waals surface area (Å²) in [5, 5.41) is 9.22. The van der Waals surface area contributed by atoms with Gasteiger partial charge in [0.2, 0.25) is 0 Å². The summed E-state index contributed by atoms with van der Waals surface area (Å²) in [5.41, 5.74) is -0.346. The van der Waals surface area contributed by atoms with E-state index in [2.05, 4.69) is 20.7 Å². The SMILES string of the molecule is COc1ccc(O)c(C(=O)CBr)c1F. The highest BCUT2D eigenvalue weighted by Crippen LogP contribution is 2.28. The molecule has 1 aromatic carbocycles. The van der Waals surface area contributed by atoms with E-state index in [1.807, 2.05) is 0 Å². The number of methoxy groups -OCH3 is 1. The van der Waals surface area contributed by atoms with Gasteiger partial charge in [0, 0.05) is 0 Å². The van der Waals surface area contributed by atoms with Gasteiger partial charge in [-0.15, -0.1) is 0 Å². The van der Waals surface area contributed by atoms with Gasteiger partial charge >= 0.3 is 0 Å². The molecule has 0 aromatic heterocycles. The Morgan fingerprint density at radius 1 is 1.64 bits per heavy atom. The topological polar surface area (TPSA) is 46.5 Å². The van der Waals surface area contributed by atoms with Crippen LogP contribution in [-0.2, 0) is 0 Å². The number of ether oxygens (including phenoxy) is 1. The van der Waals surface area contributed by atoms with Gasteiger partial charge in [-0.05, 0) is 12.1 Å². The van der Waals surface area contributed by atoms with Crippen LogP contribution in [0, 0.1) is 5.82 Å². The second-order valence-corrected chi connectivity index (χ2v) is 3.09. The minimum atomic E-state index is -0.836. The third-order valence-corrected chi connectivity index (χ3v) is 2.21. The molecule has 0 bridgehead atoms. The van der Waals surface area contributed by atoms with E-state index in [-0.39, 0.29) is 22.4 Å². The van der Waals surface area contributed by atoms with Gasteiger partial charge in [-0.25, -0.2) is 4.39 Å². The zero-order valence-electron chi connectivity index (χ0n) is 7.38. The largest absolute Gasteiger partial charge is 0.507 e. The summed E-state index contributed by atoms with van der Waals surface area (Å²) in [6.07, 6.45) is 0. The molecule has 1 rings (SSSR count). The number of carbonyl (C=O) groups excluding carboxylic acids is 1. The van der Waals surface area contributed by atoms with Gasteiger partial charge in [-0.3, -0.25) is 4.79 Å². The fourth-order valence-electron chi connectivity index (χ4n) is 1.04. The van der Waals surface area contributed by atoms with Crippen molar-refractivity contribution < 1.29 is 19.0 Å². The highest BCUT2D eigenvalue weighted by atomic mass is 79.9. The van der Waals surface area contributed by atoms with E-state index in [9.17, 15) is 14.3 Å². The van der Waals surface area contributed by atoms with E-state index >= 15 is 0 Å². The smallest absolute Gasteiger partial charge is 0.180 e. The lowest BCUT2D eigenvalue weighted by atomic mass is 10.1. The standard InChI is InChI=1S/C9H8BrFO3/c1-14-7-3-2-5(12)8(9(7)11)6(13)4-10/h2-3,12H,4H2,1H3. The summed E-state index contributed by atoms with van der Waals surface area (Å²) in [6.45, 7) is 0. The van der Waals surface area contributed by atoms with Crippen LogP contribution in [0.2, 0.25) is 0 Å². The number of hydrogen-bond acceptors (Lipinski definition) is 3.